The number of benzene rings is 1. The molecule has 1 rings (SSSR count). The van der Waals surface area contributed by atoms with Crippen molar-refractivity contribution in [1.82, 2.24) is 4.90 Å². The Hall–Kier alpha value is -1.42. The molecule has 19 heavy (non-hydrogen) atoms. The predicted molar refractivity (Wildman–Crippen MR) is 78.9 cm³/mol. The summed E-state index contributed by atoms with van der Waals surface area (Å²) in [7, 11) is 1.52. The van der Waals surface area contributed by atoms with Gasteiger partial charge in [0.2, 0.25) is 0 Å². The summed E-state index contributed by atoms with van der Waals surface area (Å²) < 4.78 is 5.22. The standard InChI is InChI=1S/C14H21ClN2O2/c1-4-6-7-17(5-2)14(18)10-8-11(15)12(16)9-13(10)19-3/h8-9H,4-7,16H2,1-3H3. The van der Waals surface area contributed by atoms with Gasteiger partial charge in [-0.2, -0.15) is 0 Å². The van der Waals surface area contributed by atoms with Crippen molar-refractivity contribution in [2.75, 3.05) is 25.9 Å². The van der Waals surface area contributed by atoms with Gasteiger partial charge in [-0.3, -0.25) is 4.79 Å². The first-order chi connectivity index (χ1) is 9.04. The van der Waals surface area contributed by atoms with Gasteiger partial charge in [-0.15, -0.1) is 0 Å². The first-order valence-corrected chi connectivity index (χ1v) is 6.85. The van der Waals surface area contributed by atoms with E-state index < -0.39 is 0 Å². The summed E-state index contributed by atoms with van der Waals surface area (Å²) in [5.41, 5.74) is 6.58. The summed E-state index contributed by atoms with van der Waals surface area (Å²) in [6.07, 6.45) is 2.02. The van der Waals surface area contributed by atoms with E-state index >= 15 is 0 Å². The number of hydrogen-bond donors (Lipinski definition) is 1. The van der Waals surface area contributed by atoms with Crippen molar-refractivity contribution in [3.05, 3.63) is 22.7 Å². The lowest BCUT2D eigenvalue weighted by Crippen LogP contribution is -2.32. The normalized spacial score (nSPS) is 10.3. The Bertz CT molecular complexity index is 449. The summed E-state index contributed by atoms with van der Waals surface area (Å²) in [6, 6.07) is 3.16. The number of amides is 1. The molecule has 5 heteroatoms. The highest BCUT2D eigenvalue weighted by Gasteiger charge is 2.19. The zero-order valence-corrected chi connectivity index (χ0v) is 12.5. The Morgan fingerprint density at radius 1 is 1.42 bits per heavy atom. The van der Waals surface area contributed by atoms with E-state index in [2.05, 4.69) is 6.92 Å². The van der Waals surface area contributed by atoms with Gasteiger partial charge in [0.25, 0.3) is 5.91 Å². The van der Waals surface area contributed by atoms with E-state index in [1.54, 1.807) is 17.0 Å². The summed E-state index contributed by atoms with van der Waals surface area (Å²) >= 11 is 5.99. The second-order valence-electron chi connectivity index (χ2n) is 4.31. The lowest BCUT2D eigenvalue weighted by Gasteiger charge is -2.22. The fraction of sp³-hybridized carbons (Fsp3) is 0.500. The van der Waals surface area contributed by atoms with Gasteiger partial charge in [0.15, 0.2) is 0 Å². The molecule has 0 spiro atoms. The van der Waals surface area contributed by atoms with Crippen LogP contribution in [0.15, 0.2) is 12.1 Å². The van der Waals surface area contributed by atoms with E-state index in [-0.39, 0.29) is 5.91 Å². The van der Waals surface area contributed by atoms with Crippen LogP contribution in [0.25, 0.3) is 0 Å². The highest BCUT2D eigenvalue weighted by atomic mass is 35.5. The van der Waals surface area contributed by atoms with Gasteiger partial charge >= 0.3 is 0 Å². The van der Waals surface area contributed by atoms with E-state index in [9.17, 15) is 4.79 Å². The fourth-order valence-electron chi connectivity index (χ4n) is 1.83. The van der Waals surface area contributed by atoms with Gasteiger partial charge < -0.3 is 15.4 Å². The van der Waals surface area contributed by atoms with E-state index in [4.69, 9.17) is 22.1 Å². The van der Waals surface area contributed by atoms with E-state index in [1.165, 1.54) is 7.11 Å². The molecule has 4 nitrogen and oxygen atoms in total. The van der Waals surface area contributed by atoms with Crippen molar-refractivity contribution in [2.24, 2.45) is 0 Å². The van der Waals surface area contributed by atoms with Gasteiger partial charge in [-0.1, -0.05) is 24.9 Å². The third-order valence-electron chi connectivity index (χ3n) is 3.00. The van der Waals surface area contributed by atoms with Crippen LogP contribution in [0.4, 0.5) is 5.69 Å². The number of anilines is 1. The Morgan fingerprint density at radius 2 is 2.11 bits per heavy atom. The van der Waals surface area contributed by atoms with Gasteiger partial charge in [0, 0.05) is 19.2 Å². The third kappa shape index (κ3) is 3.77. The third-order valence-corrected chi connectivity index (χ3v) is 3.33. The van der Waals surface area contributed by atoms with Gasteiger partial charge in [0.05, 0.1) is 23.4 Å². The molecule has 0 heterocycles. The number of halogens is 1. The predicted octanol–water partition coefficient (Wildman–Crippen LogP) is 3.19. The maximum Gasteiger partial charge on any atom is 0.257 e. The quantitative estimate of drug-likeness (QED) is 0.816. The Labute approximate surface area is 119 Å². The number of hydrogen-bond acceptors (Lipinski definition) is 3. The van der Waals surface area contributed by atoms with Crippen molar-refractivity contribution >= 4 is 23.2 Å². The number of rotatable bonds is 6. The van der Waals surface area contributed by atoms with Crippen LogP contribution >= 0.6 is 11.6 Å². The topological polar surface area (TPSA) is 55.6 Å². The highest BCUT2D eigenvalue weighted by molar-refractivity contribution is 6.33. The first-order valence-electron chi connectivity index (χ1n) is 6.47. The number of nitrogens with zero attached hydrogens (tertiary/aromatic N) is 1. The molecule has 0 aliphatic rings. The van der Waals surface area contributed by atoms with Crippen molar-refractivity contribution in [3.8, 4) is 5.75 Å². The molecule has 0 fully saturated rings. The molecule has 1 aromatic rings. The number of unbranched alkanes of at least 4 members (excludes halogenated alkanes) is 1. The molecular formula is C14H21ClN2O2. The van der Waals surface area contributed by atoms with Crippen molar-refractivity contribution in [1.29, 1.82) is 0 Å². The molecule has 0 unspecified atom stereocenters. The van der Waals surface area contributed by atoms with Gasteiger partial charge in [-0.05, 0) is 19.4 Å². The smallest absolute Gasteiger partial charge is 0.257 e. The van der Waals surface area contributed by atoms with Crippen molar-refractivity contribution in [3.63, 3.8) is 0 Å². The fourth-order valence-corrected chi connectivity index (χ4v) is 1.99. The molecule has 0 saturated carbocycles. The van der Waals surface area contributed by atoms with Crippen LogP contribution in [-0.4, -0.2) is 31.0 Å². The molecule has 0 bridgehead atoms. The molecule has 0 aliphatic carbocycles. The van der Waals surface area contributed by atoms with Crippen LogP contribution in [0.2, 0.25) is 5.02 Å². The zero-order valence-electron chi connectivity index (χ0n) is 11.7. The zero-order chi connectivity index (χ0) is 14.4. The highest BCUT2D eigenvalue weighted by Crippen LogP contribution is 2.29. The molecule has 1 aromatic carbocycles. The molecule has 0 saturated heterocycles. The number of ether oxygens (including phenoxy) is 1. The van der Waals surface area contributed by atoms with Gasteiger partial charge in [-0.25, -0.2) is 0 Å². The van der Waals surface area contributed by atoms with E-state index in [0.29, 0.717) is 28.6 Å². The first kappa shape index (κ1) is 15.6. The second kappa shape index (κ2) is 7.24. The molecule has 1 amide bonds. The average Bonchev–Trinajstić information content (AvgIpc) is 2.41. The van der Waals surface area contributed by atoms with Crippen molar-refractivity contribution < 1.29 is 9.53 Å². The van der Waals surface area contributed by atoms with Crippen molar-refractivity contribution in [2.45, 2.75) is 26.7 Å². The molecule has 0 atom stereocenters. The molecule has 0 aliphatic heterocycles. The molecule has 0 radical (unpaired) electrons. The minimum Gasteiger partial charge on any atom is -0.496 e. The minimum atomic E-state index is -0.0744. The van der Waals surface area contributed by atoms with E-state index in [0.717, 1.165) is 19.4 Å². The number of carbonyl (C=O) groups excluding carboxylic acids is 1. The van der Waals surface area contributed by atoms with Gasteiger partial charge in [0.1, 0.15) is 5.75 Å². The Balaban J connectivity index is 3.06. The molecule has 0 aromatic heterocycles. The largest absolute Gasteiger partial charge is 0.496 e. The van der Waals surface area contributed by atoms with Crippen LogP contribution in [0.1, 0.15) is 37.0 Å². The van der Waals surface area contributed by atoms with E-state index in [1.807, 2.05) is 6.92 Å². The lowest BCUT2D eigenvalue weighted by molar-refractivity contribution is 0.0759. The summed E-state index contributed by atoms with van der Waals surface area (Å²) in [4.78, 5) is 14.3. The Kier molecular flexibility index (Phi) is 5.96. The molecule has 2 N–H and O–H groups in total. The Morgan fingerprint density at radius 3 is 2.63 bits per heavy atom. The number of methoxy groups -OCH3 is 1. The number of carbonyl (C=O) groups is 1. The van der Waals surface area contributed by atoms with Crippen LogP contribution in [0.3, 0.4) is 0 Å². The van der Waals surface area contributed by atoms with Crippen LogP contribution < -0.4 is 10.5 Å². The maximum atomic E-state index is 12.5. The number of nitrogens with two attached hydrogens (primary N) is 1. The van der Waals surface area contributed by atoms with Crippen LogP contribution in [0, 0.1) is 0 Å². The minimum absolute atomic E-state index is 0.0744. The summed E-state index contributed by atoms with van der Waals surface area (Å²) in [5.74, 6) is 0.386. The second-order valence-corrected chi connectivity index (χ2v) is 4.72. The maximum absolute atomic E-state index is 12.5. The molecular weight excluding hydrogens is 264 g/mol. The van der Waals surface area contributed by atoms with Crippen LogP contribution in [0.5, 0.6) is 5.75 Å². The molecule has 106 valence electrons. The summed E-state index contributed by atoms with van der Waals surface area (Å²) in [6.45, 7) is 5.44. The lowest BCUT2D eigenvalue weighted by atomic mass is 10.1. The SMILES string of the molecule is CCCCN(CC)C(=O)c1cc(Cl)c(N)cc1OC. The summed E-state index contributed by atoms with van der Waals surface area (Å²) in [5, 5.41) is 0.371. The van der Waals surface area contributed by atoms with Crippen LogP contribution in [-0.2, 0) is 0 Å². The number of nitrogen functional groups attached to an aromatic ring is 1. The monoisotopic (exact) mass is 284 g/mol. The average molecular weight is 285 g/mol.